The summed E-state index contributed by atoms with van der Waals surface area (Å²) in [4.78, 5) is 11.9. The van der Waals surface area contributed by atoms with Crippen molar-refractivity contribution >= 4 is 5.78 Å². The van der Waals surface area contributed by atoms with Crippen molar-refractivity contribution < 1.29 is 15.0 Å². The van der Waals surface area contributed by atoms with Gasteiger partial charge in [-0.3, -0.25) is 4.79 Å². The Hall–Kier alpha value is -1.11. The van der Waals surface area contributed by atoms with Crippen LogP contribution in [0.2, 0.25) is 0 Å². The molecule has 0 heterocycles. The number of hydrogen-bond donors (Lipinski definition) is 2. The van der Waals surface area contributed by atoms with Gasteiger partial charge in [0.1, 0.15) is 5.60 Å². The molecule has 2 N–H and O–H groups in total. The number of fused-ring (bicyclic) bond motifs is 5. The Morgan fingerprint density at radius 3 is 2.75 bits per heavy atom. The lowest BCUT2D eigenvalue weighted by molar-refractivity contribution is -0.127. The van der Waals surface area contributed by atoms with Crippen molar-refractivity contribution in [3.63, 3.8) is 0 Å². The molecule has 4 rings (SSSR count). The smallest absolute Gasteiger partial charge is 0.155 e. The average molecular weight is 328 g/mol. The van der Waals surface area contributed by atoms with Crippen molar-refractivity contribution in [3.05, 3.63) is 11.6 Å². The molecule has 3 saturated carbocycles. The second-order valence-corrected chi connectivity index (χ2v) is 9.37. The van der Waals surface area contributed by atoms with E-state index in [0.29, 0.717) is 37.5 Å². The summed E-state index contributed by atoms with van der Waals surface area (Å²) in [7, 11) is 0. The summed E-state index contributed by atoms with van der Waals surface area (Å²) < 4.78 is 0. The molecule has 4 aliphatic rings. The second-order valence-electron chi connectivity index (χ2n) is 9.37. The van der Waals surface area contributed by atoms with Gasteiger partial charge in [-0.15, -0.1) is 6.42 Å². The van der Waals surface area contributed by atoms with Crippen LogP contribution in [0.3, 0.4) is 0 Å². The average Bonchev–Trinajstić information content (AvgIpc) is 2.79. The molecule has 0 radical (unpaired) electrons. The van der Waals surface area contributed by atoms with Gasteiger partial charge in [-0.2, -0.15) is 0 Å². The fraction of sp³-hybridized carbons (Fsp3) is 0.762. The van der Waals surface area contributed by atoms with E-state index in [0.717, 1.165) is 19.3 Å². The van der Waals surface area contributed by atoms with Crippen LogP contribution in [-0.2, 0) is 4.79 Å². The summed E-state index contributed by atoms with van der Waals surface area (Å²) >= 11 is 0. The molecule has 0 amide bonds. The number of terminal acetylenes is 1. The molecule has 0 aromatic heterocycles. The number of hydrogen-bond acceptors (Lipinski definition) is 3. The molecule has 0 bridgehead atoms. The molecule has 0 saturated heterocycles. The van der Waals surface area contributed by atoms with Gasteiger partial charge >= 0.3 is 0 Å². The van der Waals surface area contributed by atoms with Crippen LogP contribution in [0.15, 0.2) is 11.6 Å². The predicted octanol–water partition coefficient (Wildman–Crippen LogP) is 2.85. The number of carbonyl (C=O) groups excluding carboxylic acids is 1. The van der Waals surface area contributed by atoms with Crippen LogP contribution in [-0.4, -0.2) is 27.7 Å². The van der Waals surface area contributed by atoms with Crippen LogP contribution in [0, 0.1) is 40.9 Å². The largest absolute Gasteiger partial charge is 0.393 e. The monoisotopic (exact) mass is 328 g/mol. The van der Waals surface area contributed by atoms with E-state index >= 15 is 0 Å². The van der Waals surface area contributed by atoms with Crippen molar-refractivity contribution in [2.75, 3.05) is 0 Å². The Morgan fingerprint density at radius 1 is 1.29 bits per heavy atom. The number of carbonyl (C=O) groups is 1. The number of ketones is 1. The Kier molecular flexibility index (Phi) is 3.38. The normalized spacial score (nSPS) is 53.5. The lowest BCUT2D eigenvalue weighted by Crippen LogP contribution is -2.55. The van der Waals surface area contributed by atoms with Crippen LogP contribution in [0.25, 0.3) is 0 Å². The third kappa shape index (κ3) is 2.09. The van der Waals surface area contributed by atoms with Crippen LogP contribution in [0.1, 0.15) is 58.8 Å². The Bertz CT molecular complexity index is 658. The molecule has 0 aromatic carbocycles. The van der Waals surface area contributed by atoms with E-state index in [2.05, 4.69) is 19.8 Å². The highest BCUT2D eigenvalue weighted by atomic mass is 16.3. The Balaban J connectivity index is 1.74. The van der Waals surface area contributed by atoms with Gasteiger partial charge in [0.15, 0.2) is 5.78 Å². The van der Waals surface area contributed by atoms with Crippen molar-refractivity contribution in [2.24, 2.45) is 28.6 Å². The first-order chi connectivity index (χ1) is 11.2. The van der Waals surface area contributed by atoms with E-state index in [-0.39, 0.29) is 28.6 Å². The summed E-state index contributed by atoms with van der Waals surface area (Å²) in [5, 5.41) is 21.8. The Morgan fingerprint density at radius 2 is 2.04 bits per heavy atom. The molecular formula is C21H28O3. The first kappa shape index (κ1) is 16.4. The fourth-order valence-corrected chi connectivity index (χ4v) is 6.94. The van der Waals surface area contributed by atoms with E-state index in [9.17, 15) is 15.0 Å². The zero-order valence-corrected chi connectivity index (χ0v) is 14.7. The van der Waals surface area contributed by atoms with Crippen LogP contribution >= 0.6 is 0 Å². The number of rotatable bonds is 0. The third-order valence-corrected chi connectivity index (χ3v) is 7.93. The molecule has 24 heavy (non-hydrogen) atoms. The molecular weight excluding hydrogens is 300 g/mol. The SMILES string of the molecule is C#C[C@]1(O)C[C@H]2[C@@H]3CCC4=CC(=O)CC[C@]4(C)[C@H]3[C@@H](O)C[C@]2(C)C1. The second kappa shape index (κ2) is 4.96. The van der Waals surface area contributed by atoms with Crippen molar-refractivity contribution in [1.82, 2.24) is 0 Å². The molecule has 4 aliphatic carbocycles. The van der Waals surface area contributed by atoms with E-state index in [1.54, 1.807) is 0 Å². The van der Waals surface area contributed by atoms with Crippen LogP contribution in [0.4, 0.5) is 0 Å². The van der Waals surface area contributed by atoms with Crippen molar-refractivity contribution in [3.8, 4) is 12.3 Å². The van der Waals surface area contributed by atoms with E-state index in [4.69, 9.17) is 6.42 Å². The van der Waals surface area contributed by atoms with Gasteiger partial charge in [0.25, 0.3) is 0 Å². The number of aliphatic hydroxyl groups excluding tert-OH is 1. The fourth-order valence-electron chi connectivity index (χ4n) is 6.94. The molecule has 0 aliphatic heterocycles. The quantitative estimate of drug-likeness (QED) is 0.672. The Labute approximate surface area is 144 Å². The molecule has 0 spiro atoms. The lowest BCUT2D eigenvalue weighted by Gasteiger charge is -2.58. The van der Waals surface area contributed by atoms with Crippen molar-refractivity contribution in [1.29, 1.82) is 0 Å². The zero-order valence-electron chi connectivity index (χ0n) is 14.7. The number of allylic oxidation sites excluding steroid dienone is 1. The summed E-state index contributed by atoms with van der Waals surface area (Å²) in [5.74, 6) is 3.79. The molecule has 3 heteroatoms. The van der Waals surface area contributed by atoms with Gasteiger partial charge in [-0.05, 0) is 73.2 Å². The molecule has 0 unspecified atom stereocenters. The minimum atomic E-state index is -1.02. The van der Waals surface area contributed by atoms with E-state index in [1.165, 1.54) is 5.57 Å². The van der Waals surface area contributed by atoms with Gasteiger partial charge < -0.3 is 10.2 Å². The lowest BCUT2D eigenvalue weighted by atomic mass is 9.46. The summed E-state index contributed by atoms with van der Waals surface area (Å²) in [6.45, 7) is 4.45. The first-order valence-electron chi connectivity index (χ1n) is 9.33. The van der Waals surface area contributed by atoms with Crippen molar-refractivity contribution in [2.45, 2.75) is 70.5 Å². The van der Waals surface area contributed by atoms with Crippen LogP contribution in [0.5, 0.6) is 0 Å². The van der Waals surface area contributed by atoms with Gasteiger partial charge in [0.05, 0.1) is 6.10 Å². The standard InChI is InChI=1S/C21H28O3/c1-4-21(24)10-16-15-6-5-13-9-14(22)7-8-20(13,3)18(15)17(23)11-19(16,2)12-21/h1,9,15-18,23-24H,5-8,10-12H2,2-3H3/t15-,16-,17-,18+,19+,20-,21-/m0/s1. The summed E-state index contributed by atoms with van der Waals surface area (Å²) in [5.41, 5.74) is 0.0686. The molecule has 3 nitrogen and oxygen atoms in total. The maximum atomic E-state index is 11.9. The first-order valence-corrected chi connectivity index (χ1v) is 9.33. The molecule has 130 valence electrons. The minimum absolute atomic E-state index is 0.0750. The maximum absolute atomic E-state index is 11.9. The molecule has 3 fully saturated rings. The van der Waals surface area contributed by atoms with Gasteiger partial charge in [-0.25, -0.2) is 0 Å². The zero-order chi connectivity index (χ0) is 17.3. The topological polar surface area (TPSA) is 57.5 Å². The predicted molar refractivity (Wildman–Crippen MR) is 91.9 cm³/mol. The summed E-state index contributed by atoms with van der Waals surface area (Å²) in [6, 6.07) is 0. The van der Waals surface area contributed by atoms with Gasteiger partial charge in [0.2, 0.25) is 0 Å². The van der Waals surface area contributed by atoms with Crippen LogP contribution < -0.4 is 0 Å². The highest BCUT2D eigenvalue weighted by Gasteiger charge is 2.63. The minimum Gasteiger partial charge on any atom is -0.393 e. The highest BCUT2D eigenvalue weighted by Crippen LogP contribution is 2.66. The molecule has 7 atom stereocenters. The van der Waals surface area contributed by atoms with E-state index in [1.807, 2.05) is 6.08 Å². The van der Waals surface area contributed by atoms with Gasteiger partial charge in [0, 0.05) is 6.42 Å². The highest BCUT2D eigenvalue weighted by molar-refractivity contribution is 5.91. The maximum Gasteiger partial charge on any atom is 0.155 e. The number of aliphatic hydroxyl groups is 2. The van der Waals surface area contributed by atoms with Gasteiger partial charge in [-0.1, -0.05) is 25.3 Å². The van der Waals surface area contributed by atoms with E-state index < -0.39 is 5.60 Å². The summed E-state index contributed by atoms with van der Waals surface area (Å²) in [6.07, 6.45) is 12.4. The third-order valence-electron chi connectivity index (χ3n) is 7.93. The molecule has 0 aromatic rings.